The lowest BCUT2D eigenvalue weighted by atomic mass is 10.1. The van der Waals surface area contributed by atoms with Crippen LogP contribution in [0.15, 0.2) is 22.7 Å². The lowest BCUT2D eigenvalue weighted by Gasteiger charge is -2.22. The molecule has 1 unspecified atom stereocenters. The van der Waals surface area contributed by atoms with Crippen molar-refractivity contribution in [2.75, 3.05) is 17.6 Å². The summed E-state index contributed by atoms with van der Waals surface area (Å²) >= 11 is 10.7. The molecule has 3 N–H and O–H groups in total. The highest BCUT2D eigenvalue weighted by Crippen LogP contribution is 2.28. The topological polar surface area (TPSA) is 38.0 Å². The van der Waals surface area contributed by atoms with Crippen LogP contribution in [0.1, 0.15) is 24.8 Å². The number of nitrogens with two attached hydrogens (primary N) is 1. The van der Waals surface area contributed by atoms with E-state index in [-0.39, 0.29) is 0 Å². The zero-order valence-corrected chi connectivity index (χ0v) is 13.3. The van der Waals surface area contributed by atoms with E-state index in [0.29, 0.717) is 10.2 Å². The van der Waals surface area contributed by atoms with Gasteiger partial charge in [0.25, 0.3) is 0 Å². The zero-order chi connectivity index (χ0) is 13.0. The van der Waals surface area contributed by atoms with Crippen LogP contribution in [-0.4, -0.2) is 22.5 Å². The van der Waals surface area contributed by atoms with Gasteiger partial charge >= 0.3 is 0 Å². The minimum absolute atomic E-state index is 0.432. The van der Waals surface area contributed by atoms with E-state index in [2.05, 4.69) is 33.0 Å². The van der Waals surface area contributed by atoms with E-state index >= 15 is 0 Å². The summed E-state index contributed by atoms with van der Waals surface area (Å²) in [7, 11) is 0. The summed E-state index contributed by atoms with van der Waals surface area (Å²) in [6.45, 7) is 0.983. The molecule has 1 aromatic carbocycles. The van der Waals surface area contributed by atoms with Gasteiger partial charge in [0.15, 0.2) is 0 Å². The summed E-state index contributed by atoms with van der Waals surface area (Å²) in [5.41, 5.74) is 7.72. The Labute approximate surface area is 126 Å². The van der Waals surface area contributed by atoms with Crippen molar-refractivity contribution in [3.63, 3.8) is 0 Å². The highest BCUT2D eigenvalue weighted by molar-refractivity contribution is 9.10. The maximum absolute atomic E-state index is 5.78. The first-order chi connectivity index (χ1) is 8.68. The maximum Gasteiger partial charge on any atom is 0.107 e. The lowest BCUT2D eigenvalue weighted by molar-refractivity contribution is 0.677. The molecule has 1 aliphatic heterocycles. The first-order valence-electron chi connectivity index (χ1n) is 6.12. The third kappa shape index (κ3) is 3.62. The van der Waals surface area contributed by atoms with Gasteiger partial charge in [0.05, 0.1) is 0 Å². The molecule has 0 aromatic heterocycles. The third-order valence-corrected chi connectivity index (χ3v) is 5.32. The van der Waals surface area contributed by atoms with Gasteiger partial charge in [-0.1, -0.05) is 24.7 Å². The first-order valence-corrected chi connectivity index (χ1v) is 8.37. The van der Waals surface area contributed by atoms with Gasteiger partial charge in [-0.3, -0.25) is 0 Å². The van der Waals surface area contributed by atoms with E-state index in [1.807, 2.05) is 18.2 Å². The van der Waals surface area contributed by atoms with Gasteiger partial charge in [-0.2, -0.15) is 11.8 Å². The number of rotatable bonds is 4. The van der Waals surface area contributed by atoms with Crippen molar-refractivity contribution >= 4 is 50.6 Å². The van der Waals surface area contributed by atoms with Crippen molar-refractivity contribution in [2.24, 2.45) is 5.73 Å². The van der Waals surface area contributed by atoms with E-state index in [0.717, 1.165) is 22.3 Å². The molecule has 0 saturated carbocycles. The molecule has 98 valence electrons. The zero-order valence-electron chi connectivity index (χ0n) is 10.1. The average Bonchev–Trinajstić information content (AvgIpc) is 2.37. The predicted octanol–water partition coefficient (Wildman–Crippen LogP) is 3.78. The fourth-order valence-electron chi connectivity index (χ4n) is 2.11. The van der Waals surface area contributed by atoms with Crippen LogP contribution in [0.5, 0.6) is 0 Å². The second kappa shape index (κ2) is 6.78. The molecule has 1 saturated heterocycles. The number of halogens is 1. The Bertz CT molecular complexity index is 431. The van der Waals surface area contributed by atoms with Crippen LogP contribution in [-0.2, 0) is 0 Å². The summed E-state index contributed by atoms with van der Waals surface area (Å²) < 4.78 is 0.955. The van der Waals surface area contributed by atoms with Gasteiger partial charge in [-0.25, -0.2) is 0 Å². The molecule has 2 rings (SSSR count). The highest BCUT2D eigenvalue weighted by atomic mass is 79.9. The highest BCUT2D eigenvalue weighted by Gasteiger charge is 2.15. The second-order valence-electron chi connectivity index (χ2n) is 4.40. The summed E-state index contributed by atoms with van der Waals surface area (Å²) in [4.78, 5) is 0.432. The molecule has 0 radical (unpaired) electrons. The van der Waals surface area contributed by atoms with Crippen molar-refractivity contribution in [1.29, 1.82) is 0 Å². The fraction of sp³-hybridized carbons (Fsp3) is 0.462. The Balaban J connectivity index is 2.04. The van der Waals surface area contributed by atoms with Gasteiger partial charge in [-0.15, -0.1) is 0 Å². The largest absolute Gasteiger partial charge is 0.389 e. The van der Waals surface area contributed by atoms with Crippen LogP contribution in [0.3, 0.4) is 0 Å². The summed E-state index contributed by atoms with van der Waals surface area (Å²) in [6.07, 6.45) is 4.00. The van der Waals surface area contributed by atoms with E-state index in [4.69, 9.17) is 18.0 Å². The molecule has 2 nitrogen and oxygen atoms in total. The molecule has 0 aliphatic carbocycles. The Morgan fingerprint density at radius 3 is 3.00 bits per heavy atom. The van der Waals surface area contributed by atoms with E-state index in [1.165, 1.54) is 25.0 Å². The molecular formula is C13H17BrN2S2. The fourth-order valence-corrected chi connectivity index (χ4v) is 4.28. The molecule has 1 aromatic rings. The first kappa shape index (κ1) is 14.2. The number of hydrogen-bond acceptors (Lipinski definition) is 3. The smallest absolute Gasteiger partial charge is 0.107 e. The number of thiocarbonyl (C=S) groups is 1. The van der Waals surface area contributed by atoms with Gasteiger partial charge < -0.3 is 11.1 Å². The molecule has 0 amide bonds. The van der Waals surface area contributed by atoms with Crippen molar-refractivity contribution in [2.45, 2.75) is 24.5 Å². The van der Waals surface area contributed by atoms with Gasteiger partial charge in [-0.05, 0) is 46.7 Å². The molecule has 5 heteroatoms. The van der Waals surface area contributed by atoms with Crippen LogP contribution in [0.4, 0.5) is 5.69 Å². The number of benzene rings is 1. The monoisotopic (exact) mass is 344 g/mol. The standard InChI is InChI=1S/C13H17BrN2S2/c14-10-5-3-6-11(12(10)13(15)17)16-8-9-4-1-2-7-18-9/h3,5-6,9,16H,1-2,4,7-8H2,(H2,15,17). The lowest BCUT2D eigenvalue weighted by Crippen LogP contribution is -2.22. The molecular weight excluding hydrogens is 328 g/mol. The van der Waals surface area contributed by atoms with Gasteiger partial charge in [0, 0.05) is 27.5 Å². The summed E-state index contributed by atoms with van der Waals surface area (Å²) in [5.74, 6) is 1.28. The molecule has 1 fully saturated rings. The number of anilines is 1. The molecule has 0 bridgehead atoms. The number of thioether (sulfide) groups is 1. The Morgan fingerprint density at radius 1 is 1.50 bits per heavy atom. The maximum atomic E-state index is 5.78. The van der Waals surface area contributed by atoms with E-state index < -0.39 is 0 Å². The molecule has 1 aliphatic rings. The van der Waals surface area contributed by atoms with Crippen LogP contribution in [0, 0.1) is 0 Å². The SMILES string of the molecule is NC(=S)c1c(Br)cccc1NCC1CCCCS1. The van der Waals surface area contributed by atoms with Crippen LogP contribution in [0.2, 0.25) is 0 Å². The van der Waals surface area contributed by atoms with Crippen molar-refractivity contribution in [3.05, 3.63) is 28.2 Å². The van der Waals surface area contributed by atoms with Crippen LogP contribution < -0.4 is 11.1 Å². The van der Waals surface area contributed by atoms with Crippen LogP contribution >= 0.6 is 39.9 Å². The van der Waals surface area contributed by atoms with Gasteiger partial charge in [0.2, 0.25) is 0 Å². The predicted molar refractivity (Wildman–Crippen MR) is 88.6 cm³/mol. The van der Waals surface area contributed by atoms with Crippen molar-refractivity contribution < 1.29 is 0 Å². The molecule has 0 spiro atoms. The average molecular weight is 345 g/mol. The number of hydrogen-bond donors (Lipinski definition) is 2. The third-order valence-electron chi connectivity index (χ3n) is 3.05. The molecule has 1 heterocycles. The summed E-state index contributed by atoms with van der Waals surface area (Å²) in [5, 5.41) is 4.19. The van der Waals surface area contributed by atoms with Crippen molar-refractivity contribution in [3.8, 4) is 0 Å². The van der Waals surface area contributed by atoms with E-state index in [9.17, 15) is 0 Å². The quantitative estimate of drug-likeness (QED) is 0.815. The Morgan fingerprint density at radius 2 is 2.33 bits per heavy atom. The minimum Gasteiger partial charge on any atom is -0.389 e. The van der Waals surface area contributed by atoms with Crippen LogP contribution in [0.25, 0.3) is 0 Å². The normalized spacial score (nSPS) is 19.5. The Hall–Kier alpha value is -0.260. The van der Waals surface area contributed by atoms with E-state index in [1.54, 1.807) is 0 Å². The van der Waals surface area contributed by atoms with Gasteiger partial charge in [0.1, 0.15) is 4.99 Å². The van der Waals surface area contributed by atoms with Crippen molar-refractivity contribution in [1.82, 2.24) is 0 Å². The second-order valence-corrected chi connectivity index (χ2v) is 7.10. The number of nitrogens with one attached hydrogen (secondary N) is 1. The Kier molecular flexibility index (Phi) is 5.33. The molecule has 18 heavy (non-hydrogen) atoms. The molecule has 1 atom stereocenters. The summed E-state index contributed by atoms with van der Waals surface area (Å²) in [6, 6.07) is 6.00. The minimum atomic E-state index is 0.432.